The third kappa shape index (κ3) is 4.81. The lowest BCUT2D eigenvalue weighted by Crippen LogP contribution is -2.47. The highest BCUT2D eigenvalue weighted by atomic mass is 35.5. The predicted octanol–water partition coefficient (Wildman–Crippen LogP) is 5.68. The van der Waals surface area contributed by atoms with E-state index < -0.39 is 0 Å². The maximum Gasteiger partial charge on any atom is 0.337 e. The van der Waals surface area contributed by atoms with Gasteiger partial charge in [-0.2, -0.15) is 0 Å². The number of rotatable bonds is 7. The number of aromatic nitrogens is 1. The van der Waals surface area contributed by atoms with E-state index in [2.05, 4.69) is 15.0 Å². The van der Waals surface area contributed by atoms with Crippen LogP contribution in [-0.4, -0.2) is 55.9 Å². The molecule has 1 saturated carbocycles. The number of carbonyl (C=O) groups is 1. The van der Waals surface area contributed by atoms with Gasteiger partial charge in [0.05, 0.1) is 22.7 Å². The first-order valence-corrected chi connectivity index (χ1v) is 12.4. The number of methoxy groups -OCH3 is 1. The SMILES string of the molecule is COC(=O)c1ccc(N2CCN(CCc3c(-c4c(Cl)cccc4Cl)noc3C3CC3)CC2)cc1. The van der Waals surface area contributed by atoms with Crippen molar-refractivity contribution in [3.63, 3.8) is 0 Å². The van der Waals surface area contributed by atoms with E-state index in [9.17, 15) is 4.79 Å². The molecule has 2 aliphatic rings. The van der Waals surface area contributed by atoms with Gasteiger partial charge in [-0.3, -0.25) is 4.90 Å². The van der Waals surface area contributed by atoms with E-state index >= 15 is 0 Å². The minimum absolute atomic E-state index is 0.312. The van der Waals surface area contributed by atoms with Crippen molar-refractivity contribution in [3.8, 4) is 11.3 Å². The Morgan fingerprint density at radius 2 is 1.74 bits per heavy atom. The number of anilines is 1. The molecule has 1 aromatic heterocycles. The van der Waals surface area contributed by atoms with E-state index in [-0.39, 0.29) is 5.97 Å². The number of halogens is 2. The van der Waals surface area contributed by atoms with Crippen LogP contribution < -0.4 is 4.90 Å². The Hall–Kier alpha value is -2.54. The normalized spacial score (nSPS) is 16.6. The number of esters is 1. The highest BCUT2D eigenvalue weighted by Crippen LogP contribution is 2.46. The minimum atomic E-state index is -0.312. The van der Waals surface area contributed by atoms with Crippen LogP contribution in [0.15, 0.2) is 47.0 Å². The van der Waals surface area contributed by atoms with Crippen LogP contribution in [0.4, 0.5) is 5.69 Å². The molecule has 0 unspecified atom stereocenters. The molecule has 34 heavy (non-hydrogen) atoms. The molecule has 6 nitrogen and oxygen atoms in total. The number of carbonyl (C=O) groups excluding carboxylic acids is 1. The molecule has 2 heterocycles. The van der Waals surface area contributed by atoms with Gasteiger partial charge in [0.2, 0.25) is 0 Å². The Morgan fingerprint density at radius 1 is 1.06 bits per heavy atom. The third-order valence-electron chi connectivity index (χ3n) is 6.67. The van der Waals surface area contributed by atoms with Crippen molar-refractivity contribution >= 4 is 34.9 Å². The minimum Gasteiger partial charge on any atom is -0.465 e. The second kappa shape index (κ2) is 9.98. The average Bonchev–Trinajstić information content (AvgIpc) is 3.63. The molecular formula is C26H27Cl2N3O3. The smallest absolute Gasteiger partial charge is 0.337 e. The lowest BCUT2D eigenvalue weighted by Gasteiger charge is -2.36. The molecule has 2 aromatic carbocycles. The van der Waals surface area contributed by atoms with E-state index in [1.54, 1.807) is 0 Å². The molecule has 0 N–H and O–H groups in total. The molecule has 0 amide bonds. The summed E-state index contributed by atoms with van der Waals surface area (Å²) < 4.78 is 10.6. The third-order valence-corrected chi connectivity index (χ3v) is 7.30. The monoisotopic (exact) mass is 499 g/mol. The number of ether oxygens (including phenoxy) is 1. The van der Waals surface area contributed by atoms with Crippen molar-refractivity contribution in [1.29, 1.82) is 0 Å². The van der Waals surface area contributed by atoms with Gasteiger partial charge in [0, 0.05) is 55.5 Å². The molecule has 0 radical (unpaired) electrons. The van der Waals surface area contributed by atoms with Gasteiger partial charge in [-0.25, -0.2) is 4.79 Å². The summed E-state index contributed by atoms with van der Waals surface area (Å²) in [6.07, 6.45) is 3.14. The summed E-state index contributed by atoms with van der Waals surface area (Å²) in [4.78, 5) is 16.5. The molecule has 0 bridgehead atoms. The summed E-state index contributed by atoms with van der Waals surface area (Å²) in [6.45, 7) is 4.71. The lowest BCUT2D eigenvalue weighted by atomic mass is 10.0. The van der Waals surface area contributed by atoms with Gasteiger partial charge in [-0.05, 0) is 55.7 Å². The fourth-order valence-electron chi connectivity index (χ4n) is 4.58. The van der Waals surface area contributed by atoms with E-state index in [1.165, 1.54) is 7.11 Å². The van der Waals surface area contributed by atoms with Crippen molar-refractivity contribution < 1.29 is 14.1 Å². The molecule has 0 atom stereocenters. The molecule has 1 aliphatic carbocycles. The fourth-order valence-corrected chi connectivity index (χ4v) is 5.15. The van der Waals surface area contributed by atoms with Crippen LogP contribution in [0, 0.1) is 0 Å². The predicted molar refractivity (Wildman–Crippen MR) is 134 cm³/mol. The topological polar surface area (TPSA) is 58.8 Å². The van der Waals surface area contributed by atoms with Crippen LogP contribution in [0.5, 0.6) is 0 Å². The van der Waals surface area contributed by atoms with E-state index in [4.69, 9.17) is 32.5 Å². The zero-order valence-electron chi connectivity index (χ0n) is 19.1. The Morgan fingerprint density at radius 3 is 2.35 bits per heavy atom. The van der Waals surface area contributed by atoms with Gasteiger partial charge < -0.3 is 14.2 Å². The van der Waals surface area contributed by atoms with Crippen LogP contribution >= 0.6 is 23.2 Å². The molecule has 2 fully saturated rings. The van der Waals surface area contributed by atoms with Crippen molar-refractivity contribution in [3.05, 3.63) is 69.4 Å². The summed E-state index contributed by atoms with van der Waals surface area (Å²) in [5.41, 5.74) is 4.37. The Bertz CT molecular complexity index is 1150. The average molecular weight is 500 g/mol. The van der Waals surface area contributed by atoms with Crippen molar-refractivity contribution in [1.82, 2.24) is 10.1 Å². The van der Waals surface area contributed by atoms with Crippen LogP contribution in [0.25, 0.3) is 11.3 Å². The number of hydrogen-bond acceptors (Lipinski definition) is 6. The largest absolute Gasteiger partial charge is 0.465 e. The maximum absolute atomic E-state index is 11.7. The van der Waals surface area contributed by atoms with Crippen molar-refractivity contribution in [2.75, 3.05) is 44.7 Å². The van der Waals surface area contributed by atoms with Crippen molar-refractivity contribution in [2.24, 2.45) is 0 Å². The van der Waals surface area contributed by atoms with Gasteiger partial charge in [-0.15, -0.1) is 0 Å². The maximum atomic E-state index is 11.7. The zero-order valence-corrected chi connectivity index (χ0v) is 20.6. The molecule has 1 aliphatic heterocycles. The van der Waals surface area contributed by atoms with Crippen LogP contribution in [0.3, 0.4) is 0 Å². The van der Waals surface area contributed by atoms with Gasteiger partial charge in [0.25, 0.3) is 0 Å². The molecule has 178 valence electrons. The van der Waals surface area contributed by atoms with E-state index in [1.807, 2.05) is 42.5 Å². The first kappa shape index (κ1) is 23.2. The Kier molecular flexibility index (Phi) is 6.82. The summed E-state index contributed by atoms with van der Waals surface area (Å²) in [5.74, 6) is 1.14. The van der Waals surface area contributed by atoms with Gasteiger partial charge >= 0.3 is 5.97 Å². The van der Waals surface area contributed by atoms with Crippen LogP contribution in [0.1, 0.15) is 40.4 Å². The Labute approximate surface area is 209 Å². The van der Waals surface area contributed by atoms with Gasteiger partial charge in [0.15, 0.2) is 0 Å². The number of piperazine rings is 1. The summed E-state index contributed by atoms with van der Waals surface area (Å²) in [7, 11) is 1.40. The van der Waals surface area contributed by atoms with Gasteiger partial charge in [-0.1, -0.05) is 34.4 Å². The molecule has 3 aromatic rings. The van der Waals surface area contributed by atoms with Crippen LogP contribution in [0.2, 0.25) is 10.0 Å². The lowest BCUT2D eigenvalue weighted by molar-refractivity contribution is 0.0600. The molecular weight excluding hydrogens is 473 g/mol. The van der Waals surface area contributed by atoms with Gasteiger partial charge in [0.1, 0.15) is 11.5 Å². The fraction of sp³-hybridized carbons (Fsp3) is 0.385. The van der Waals surface area contributed by atoms with E-state index in [0.717, 1.165) is 80.3 Å². The summed E-state index contributed by atoms with van der Waals surface area (Å²) >= 11 is 13.0. The second-order valence-electron chi connectivity index (χ2n) is 8.86. The molecule has 1 saturated heterocycles. The highest BCUT2D eigenvalue weighted by molar-refractivity contribution is 6.39. The number of hydrogen-bond donors (Lipinski definition) is 0. The highest BCUT2D eigenvalue weighted by Gasteiger charge is 2.33. The molecule has 0 spiro atoms. The standard InChI is InChI=1S/C26H27Cl2N3O3/c1-33-26(32)18-7-9-19(10-8-18)31-15-13-30(14-16-31)12-11-20-24(29-34-25(20)17-5-6-17)23-21(27)3-2-4-22(23)28/h2-4,7-10,17H,5-6,11-16H2,1H3. The molecule has 8 heteroatoms. The first-order valence-electron chi connectivity index (χ1n) is 11.6. The zero-order chi connectivity index (χ0) is 23.7. The number of benzene rings is 2. The summed E-state index contributed by atoms with van der Waals surface area (Å²) in [6, 6.07) is 13.1. The quantitative estimate of drug-likeness (QED) is 0.390. The summed E-state index contributed by atoms with van der Waals surface area (Å²) in [5, 5.41) is 5.59. The first-order chi connectivity index (χ1) is 16.5. The van der Waals surface area contributed by atoms with E-state index in [0.29, 0.717) is 21.5 Å². The Balaban J connectivity index is 1.24. The number of nitrogens with zero attached hydrogens (tertiary/aromatic N) is 3. The second-order valence-corrected chi connectivity index (χ2v) is 9.68. The van der Waals surface area contributed by atoms with Crippen molar-refractivity contribution in [2.45, 2.75) is 25.2 Å². The van der Waals surface area contributed by atoms with Crippen LogP contribution in [-0.2, 0) is 11.2 Å². The molecule has 5 rings (SSSR count).